The number of hydrogen-bond acceptors (Lipinski definition) is 6. The molecule has 0 fully saturated rings. The maximum Gasteiger partial charge on any atom is 0.337 e. The van der Waals surface area contributed by atoms with Gasteiger partial charge in [-0.3, -0.25) is 4.79 Å². The molecule has 0 bridgehead atoms. The van der Waals surface area contributed by atoms with Crippen LogP contribution in [0.4, 0.5) is 5.69 Å². The Hall–Kier alpha value is -3.52. The molecule has 1 amide bonds. The molecule has 0 radical (unpaired) electrons. The fourth-order valence-corrected chi connectivity index (χ4v) is 3.22. The van der Waals surface area contributed by atoms with Gasteiger partial charge in [0, 0.05) is 0 Å². The second kappa shape index (κ2) is 8.46. The molecule has 1 aliphatic rings. The van der Waals surface area contributed by atoms with Crippen LogP contribution in [0.1, 0.15) is 22.8 Å². The van der Waals surface area contributed by atoms with E-state index < -0.39 is 11.9 Å². The summed E-state index contributed by atoms with van der Waals surface area (Å²) < 4.78 is 16.0. The first kappa shape index (κ1) is 21.2. The van der Waals surface area contributed by atoms with Gasteiger partial charge in [-0.15, -0.1) is 0 Å². The van der Waals surface area contributed by atoms with Crippen molar-refractivity contribution in [3.05, 3.63) is 52.1 Å². The van der Waals surface area contributed by atoms with Crippen molar-refractivity contribution in [3.8, 4) is 17.2 Å². The summed E-state index contributed by atoms with van der Waals surface area (Å²) in [5.74, 6) is -0.259. The first-order valence-electron chi connectivity index (χ1n) is 8.75. The topological polar surface area (TPSA) is 97.7 Å². The minimum absolute atomic E-state index is 0.0757. The second-order valence-corrected chi connectivity index (χ2v) is 6.70. The van der Waals surface area contributed by atoms with E-state index in [0.717, 1.165) is 5.01 Å². The number of amides is 1. The molecule has 0 unspecified atom stereocenters. The Morgan fingerprint density at radius 1 is 1.10 bits per heavy atom. The summed E-state index contributed by atoms with van der Waals surface area (Å²) in [6.07, 6.45) is 1.65. The molecule has 0 atom stereocenters. The summed E-state index contributed by atoms with van der Waals surface area (Å²) in [5, 5.41) is 14.8. The molecule has 156 valence electrons. The van der Waals surface area contributed by atoms with Crippen LogP contribution in [-0.2, 0) is 4.79 Å². The van der Waals surface area contributed by atoms with Gasteiger partial charge in [-0.05, 0) is 48.9 Å². The van der Waals surface area contributed by atoms with E-state index in [4.69, 9.17) is 25.8 Å². The van der Waals surface area contributed by atoms with Crippen molar-refractivity contribution in [2.24, 2.45) is 5.10 Å². The van der Waals surface area contributed by atoms with E-state index in [1.807, 2.05) is 0 Å². The lowest BCUT2D eigenvalue weighted by atomic mass is 10.1. The number of benzene rings is 2. The lowest BCUT2D eigenvalue weighted by Gasteiger charge is -2.14. The number of ether oxygens (including phenoxy) is 3. The third-order valence-electron chi connectivity index (χ3n) is 4.49. The highest BCUT2D eigenvalue weighted by atomic mass is 35.5. The molecule has 1 N–H and O–H groups in total. The maximum absolute atomic E-state index is 13.0. The Labute approximate surface area is 177 Å². The molecular formula is C21H19ClN2O6. The number of carbonyl (C=O) groups excluding carboxylic acids is 1. The van der Waals surface area contributed by atoms with Crippen molar-refractivity contribution in [3.63, 3.8) is 0 Å². The fraction of sp³-hybridized carbons (Fsp3) is 0.190. The van der Waals surface area contributed by atoms with Crippen LogP contribution in [-0.4, -0.2) is 44.0 Å². The van der Waals surface area contributed by atoms with Crippen LogP contribution in [0, 0.1) is 0 Å². The number of aromatic carboxylic acids is 1. The quantitative estimate of drug-likeness (QED) is 0.698. The van der Waals surface area contributed by atoms with E-state index in [-0.39, 0.29) is 10.6 Å². The van der Waals surface area contributed by atoms with Crippen molar-refractivity contribution < 1.29 is 28.9 Å². The van der Waals surface area contributed by atoms with Gasteiger partial charge in [0.05, 0.1) is 48.9 Å². The highest BCUT2D eigenvalue weighted by molar-refractivity contribution is 6.34. The minimum Gasteiger partial charge on any atom is -0.493 e. The Kier molecular flexibility index (Phi) is 5.98. The molecular weight excluding hydrogens is 412 g/mol. The van der Waals surface area contributed by atoms with Crippen LogP contribution < -0.4 is 19.2 Å². The Bertz CT molecular complexity index is 1070. The normalized spacial score (nSPS) is 14.7. The number of carboxylic acids is 1. The van der Waals surface area contributed by atoms with Crippen LogP contribution in [0.25, 0.3) is 6.08 Å². The second-order valence-electron chi connectivity index (χ2n) is 6.29. The molecule has 2 aromatic rings. The number of anilines is 1. The van der Waals surface area contributed by atoms with Crippen LogP contribution >= 0.6 is 11.6 Å². The fourth-order valence-electron chi connectivity index (χ4n) is 3.02. The van der Waals surface area contributed by atoms with E-state index in [1.54, 1.807) is 25.1 Å². The molecule has 1 aliphatic heterocycles. The number of hydrazone groups is 1. The number of methoxy groups -OCH3 is 3. The lowest BCUT2D eigenvalue weighted by Crippen LogP contribution is -2.21. The van der Waals surface area contributed by atoms with Gasteiger partial charge in [-0.25, -0.2) is 4.79 Å². The minimum atomic E-state index is -1.19. The first-order chi connectivity index (χ1) is 14.3. The molecule has 0 aliphatic carbocycles. The monoisotopic (exact) mass is 430 g/mol. The number of carbonyl (C=O) groups is 2. The number of halogens is 1. The van der Waals surface area contributed by atoms with Crippen molar-refractivity contribution in [2.75, 3.05) is 26.3 Å². The van der Waals surface area contributed by atoms with E-state index >= 15 is 0 Å². The zero-order valence-corrected chi connectivity index (χ0v) is 17.5. The van der Waals surface area contributed by atoms with Crippen molar-refractivity contribution in [1.82, 2.24) is 0 Å². The summed E-state index contributed by atoms with van der Waals surface area (Å²) in [6.45, 7) is 1.69. The average molecular weight is 431 g/mol. The van der Waals surface area contributed by atoms with E-state index in [2.05, 4.69) is 5.10 Å². The van der Waals surface area contributed by atoms with E-state index in [1.165, 1.54) is 39.5 Å². The summed E-state index contributed by atoms with van der Waals surface area (Å²) in [5.41, 5.74) is 1.65. The molecule has 0 saturated heterocycles. The van der Waals surface area contributed by atoms with Crippen molar-refractivity contribution in [1.29, 1.82) is 0 Å². The number of nitrogens with zero attached hydrogens (tertiary/aromatic N) is 2. The lowest BCUT2D eigenvalue weighted by molar-refractivity contribution is -0.114. The van der Waals surface area contributed by atoms with E-state index in [0.29, 0.717) is 39.8 Å². The SMILES string of the molecule is COc1cc(C=C2C(=O)N(c3ccc(Cl)c(C(=O)O)c3)N=C2C)cc(OC)c1OC. The smallest absolute Gasteiger partial charge is 0.337 e. The van der Waals surface area contributed by atoms with E-state index in [9.17, 15) is 14.7 Å². The van der Waals surface area contributed by atoms with Gasteiger partial charge in [0.2, 0.25) is 5.75 Å². The summed E-state index contributed by atoms with van der Waals surface area (Å²) >= 11 is 5.92. The summed E-state index contributed by atoms with van der Waals surface area (Å²) in [4.78, 5) is 24.3. The molecule has 9 heteroatoms. The van der Waals surface area contributed by atoms with Crippen LogP contribution in [0.15, 0.2) is 41.0 Å². The van der Waals surface area contributed by atoms with Crippen LogP contribution in [0.5, 0.6) is 17.2 Å². The van der Waals surface area contributed by atoms with Crippen LogP contribution in [0.3, 0.4) is 0 Å². The molecule has 1 heterocycles. The highest BCUT2D eigenvalue weighted by Crippen LogP contribution is 2.39. The number of rotatable bonds is 6. The molecule has 0 saturated carbocycles. The van der Waals surface area contributed by atoms with Gasteiger partial charge in [0.1, 0.15) is 0 Å². The third kappa shape index (κ3) is 3.81. The Morgan fingerprint density at radius 2 is 1.73 bits per heavy atom. The third-order valence-corrected chi connectivity index (χ3v) is 4.82. The summed E-state index contributed by atoms with van der Waals surface area (Å²) in [6, 6.07) is 7.68. The Balaban J connectivity index is 2.01. The summed E-state index contributed by atoms with van der Waals surface area (Å²) in [7, 11) is 4.51. The van der Waals surface area contributed by atoms with Crippen molar-refractivity contribution >= 4 is 41.0 Å². The average Bonchev–Trinajstić information content (AvgIpc) is 3.01. The van der Waals surface area contributed by atoms with Crippen molar-refractivity contribution in [2.45, 2.75) is 6.92 Å². The standard InChI is InChI=1S/C21H19ClN2O6/c1-11-14(7-12-8-17(28-2)19(30-4)18(9-12)29-3)20(25)24(23-11)13-5-6-16(22)15(10-13)21(26)27/h5-10H,1-4H3,(H,26,27). The van der Waals surface area contributed by atoms with Gasteiger partial charge in [0.25, 0.3) is 5.91 Å². The predicted molar refractivity (Wildman–Crippen MR) is 113 cm³/mol. The largest absolute Gasteiger partial charge is 0.493 e. The predicted octanol–water partition coefficient (Wildman–Crippen LogP) is 3.87. The van der Waals surface area contributed by atoms with Gasteiger partial charge >= 0.3 is 5.97 Å². The molecule has 30 heavy (non-hydrogen) atoms. The maximum atomic E-state index is 13.0. The molecule has 0 spiro atoms. The van der Waals surface area contributed by atoms with Gasteiger partial charge < -0.3 is 19.3 Å². The zero-order chi connectivity index (χ0) is 22.0. The van der Waals surface area contributed by atoms with Gasteiger partial charge in [0.15, 0.2) is 11.5 Å². The molecule has 8 nitrogen and oxygen atoms in total. The number of carboxylic acid groups (broad SMARTS) is 1. The molecule has 2 aromatic carbocycles. The molecule has 0 aromatic heterocycles. The highest BCUT2D eigenvalue weighted by Gasteiger charge is 2.29. The molecule has 3 rings (SSSR count). The van der Waals surface area contributed by atoms with Gasteiger partial charge in [-0.2, -0.15) is 10.1 Å². The van der Waals surface area contributed by atoms with Gasteiger partial charge in [-0.1, -0.05) is 11.6 Å². The zero-order valence-electron chi connectivity index (χ0n) is 16.7. The first-order valence-corrected chi connectivity index (χ1v) is 9.13. The Morgan fingerprint density at radius 3 is 2.27 bits per heavy atom. The van der Waals surface area contributed by atoms with Crippen LogP contribution in [0.2, 0.25) is 5.02 Å². The number of hydrogen-bond donors (Lipinski definition) is 1.